The Morgan fingerprint density at radius 2 is 1.77 bits per heavy atom. The van der Waals surface area contributed by atoms with E-state index in [4.69, 9.17) is 4.74 Å². The third kappa shape index (κ3) is 4.95. The molecule has 2 aromatic carbocycles. The molecular formula is C22H22N2O5S2. The minimum atomic E-state index is -4.22. The number of sulfonamides is 1. The Bertz CT molecular complexity index is 1200. The van der Waals surface area contributed by atoms with E-state index in [1.165, 1.54) is 18.6 Å². The van der Waals surface area contributed by atoms with Crippen molar-refractivity contribution < 1.29 is 22.7 Å². The topological polar surface area (TPSA) is 92.8 Å². The maximum atomic E-state index is 13.5. The third-order valence-electron chi connectivity index (χ3n) is 4.57. The maximum absolute atomic E-state index is 13.5. The molecule has 9 heteroatoms. The number of ether oxygens (including phenoxy) is 1. The number of nitrogens with one attached hydrogen (secondary N) is 1. The molecule has 0 aliphatic carbocycles. The van der Waals surface area contributed by atoms with Crippen molar-refractivity contribution in [3.63, 3.8) is 0 Å². The van der Waals surface area contributed by atoms with Crippen LogP contribution in [0.3, 0.4) is 0 Å². The summed E-state index contributed by atoms with van der Waals surface area (Å²) >= 11 is 0.966. The van der Waals surface area contributed by atoms with Crippen LogP contribution in [0.4, 0.5) is 11.4 Å². The Morgan fingerprint density at radius 3 is 2.45 bits per heavy atom. The number of esters is 1. The molecule has 0 saturated heterocycles. The van der Waals surface area contributed by atoms with Gasteiger partial charge in [0.1, 0.15) is 16.3 Å². The highest BCUT2D eigenvalue weighted by Crippen LogP contribution is 2.29. The second kappa shape index (κ2) is 9.32. The molecule has 3 rings (SSSR count). The van der Waals surface area contributed by atoms with Crippen LogP contribution in [0, 0.1) is 13.8 Å². The molecule has 162 valence electrons. The first-order chi connectivity index (χ1) is 14.7. The first-order valence-corrected chi connectivity index (χ1v) is 11.7. The average molecular weight is 459 g/mol. The van der Waals surface area contributed by atoms with Gasteiger partial charge in [-0.1, -0.05) is 30.3 Å². The molecule has 0 aliphatic rings. The molecule has 0 saturated carbocycles. The van der Waals surface area contributed by atoms with Gasteiger partial charge in [0.25, 0.3) is 10.0 Å². The van der Waals surface area contributed by atoms with E-state index in [9.17, 15) is 18.0 Å². The van der Waals surface area contributed by atoms with Crippen LogP contribution in [0.5, 0.6) is 0 Å². The third-order valence-corrected chi connectivity index (χ3v) is 7.41. The second-order valence-corrected chi connectivity index (χ2v) is 9.57. The number of carbonyl (C=O) groups is 2. The molecule has 0 radical (unpaired) electrons. The maximum Gasteiger partial charge on any atom is 0.349 e. The fourth-order valence-corrected chi connectivity index (χ4v) is 5.69. The van der Waals surface area contributed by atoms with Gasteiger partial charge in [0.15, 0.2) is 0 Å². The molecule has 1 aromatic heterocycles. The standard InChI is InChI=1S/C22H22N2O5S2/c1-15-9-10-16(2)18(13-15)23-20(25)14-24(17-7-5-4-6-8-17)31(27,28)19-11-12-30-21(19)22(26)29-3/h4-13H,14H2,1-3H3,(H,23,25). The fraction of sp³-hybridized carbons (Fsp3) is 0.182. The molecule has 0 unspecified atom stereocenters. The second-order valence-electron chi connectivity index (χ2n) is 6.82. The van der Waals surface area contributed by atoms with E-state index in [1.807, 2.05) is 32.0 Å². The summed E-state index contributed by atoms with van der Waals surface area (Å²) in [6.45, 7) is 3.30. The number of hydrogen-bond acceptors (Lipinski definition) is 6. The van der Waals surface area contributed by atoms with Crippen molar-refractivity contribution in [1.82, 2.24) is 0 Å². The number of hydrogen-bond donors (Lipinski definition) is 1. The van der Waals surface area contributed by atoms with Gasteiger partial charge in [-0.3, -0.25) is 9.10 Å². The summed E-state index contributed by atoms with van der Waals surface area (Å²) in [5.41, 5.74) is 2.75. The SMILES string of the molecule is COC(=O)c1sccc1S(=O)(=O)N(CC(=O)Nc1cc(C)ccc1C)c1ccccc1. The van der Waals surface area contributed by atoms with Crippen molar-refractivity contribution in [3.8, 4) is 0 Å². The highest BCUT2D eigenvalue weighted by atomic mass is 32.2. The Labute approximate surface area is 185 Å². The number of methoxy groups -OCH3 is 1. The number of anilines is 2. The summed E-state index contributed by atoms with van der Waals surface area (Å²) in [5, 5.41) is 4.28. The number of rotatable bonds is 7. The summed E-state index contributed by atoms with van der Waals surface area (Å²) < 4.78 is 32.7. The van der Waals surface area contributed by atoms with Crippen molar-refractivity contribution in [2.24, 2.45) is 0 Å². The molecule has 0 aliphatic heterocycles. The molecule has 1 amide bonds. The smallest absolute Gasteiger partial charge is 0.349 e. The highest BCUT2D eigenvalue weighted by Gasteiger charge is 2.32. The number of aryl methyl sites for hydroxylation is 2. The normalized spacial score (nSPS) is 11.1. The average Bonchev–Trinajstić information content (AvgIpc) is 3.25. The summed E-state index contributed by atoms with van der Waals surface area (Å²) in [4.78, 5) is 24.7. The van der Waals surface area contributed by atoms with Gasteiger partial charge in [0.2, 0.25) is 5.91 Å². The Balaban J connectivity index is 1.98. The molecule has 0 bridgehead atoms. The van der Waals surface area contributed by atoms with Gasteiger partial charge < -0.3 is 10.1 Å². The monoisotopic (exact) mass is 458 g/mol. The lowest BCUT2D eigenvalue weighted by Gasteiger charge is -2.24. The molecule has 1 heterocycles. The number of carbonyl (C=O) groups excluding carboxylic acids is 2. The van der Waals surface area contributed by atoms with Crippen LogP contribution < -0.4 is 9.62 Å². The Hall–Kier alpha value is -3.17. The molecular weight excluding hydrogens is 436 g/mol. The lowest BCUT2D eigenvalue weighted by Crippen LogP contribution is -2.38. The minimum Gasteiger partial charge on any atom is -0.465 e. The van der Waals surface area contributed by atoms with Crippen molar-refractivity contribution in [3.05, 3.63) is 76.0 Å². The molecule has 7 nitrogen and oxygen atoms in total. The molecule has 31 heavy (non-hydrogen) atoms. The first-order valence-electron chi connectivity index (χ1n) is 9.34. The van der Waals surface area contributed by atoms with E-state index < -0.39 is 28.4 Å². The first kappa shape index (κ1) is 22.5. The van der Waals surface area contributed by atoms with Gasteiger partial charge in [0, 0.05) is 5.69 Å². The lowest BCUT2D eigenvalue weighted by atomic mass is 10.1. The lowest BCUT2D eigenvalue weighted by molar-refractivity contribution is -0.114. The van der Waals surface area contributed by atoms with Gasteiger partial charge in [-0.2, -0.15) is 0 Å². The number of benzene rings is 2. The molecule has 0 fully saturated rings. The molecule has 3 aromatic rings. The number of nitrogens with zero attached hydrogens (tertiary/aromatic N) is 1. The van der Waals surface area contributed by atoms with Crippen LogP contribution in [0.25, 0.3) is 0 Å². The zero-order valence-corrected chi connectivity index (χ0v) is 18.9. The van der Waals surface area contributed by atoms with Crippen LogP contribution in [0.2, 0.25) is 0 Å². The van der Waals surface area contributed by atoms with Crippen LogP contribution in [-0.2, 0) is 19.6 Å². The largest absolute Gasteiger partial charge is 0.465 e. The minimum absolute atomic E-state index is 0.0432. The molecule has 1 N–H and O–H groups in total. The summed E-state index contributed by atoms with van der Waals surface area (Å²) in [7, 11) is -3.03. The van der Waals surface area contributed by atoms with Crippen molar-refractivity contribution in [1.29, 1.82) is 0 Å². The highest BCUT2D eigenvalue weighted by molar-refractivity contribution is 7.93. The number of thiophene rings is 1. The predicted molar refractivity (Wildman–Crippen MR) is 121 cm³/mol. The Morgan fingerprint density at radius 1 is 1.06 bits per heavy atom. The quantitative estimate of drug-likeness (QED) is 0.541. The predicted octanol–water partition coefficient (Wildman–Crippen LogP) is 3.99. The van der Waals surface area contributed by atoms with E-state index in [-0.39, 0.29) is 9.77 Å². The summed E-state index contributed by atoms with van der Waals surface area (Å²) in [6, 6.07) is 15.2. The summed E-state index contributed by atoms with van der Waals surface area (Å²) in [6.07, 6.45) is 0. The summed E-state index contributed by atoms with van der Waals surface area (Å²) in [5.74, 6) is -1.25. The molecule has 0 atom stereocenters. The van der Waals surface area contributed by atoms with Gasteiger partial charge >= 0.3 is 5.97 Å². The van der Waals surface area contributed by atoms with Crippen LogP contribution in [0.1, 0.15) is 20.8 Å². The zero-order chi connectivity index (χ0) is 22.6. The van der Waals surface area contributed by atoms with Gasteiger partial charge in [-0.05, 0) is 54.6 Å². The van der Waals surface area contributed by atoms with E-state index in [1.54, 1.807) is 30.3 Å². The van der Waals surface area contributed by atoms with Crippen LogP contribution in [0.15, 0.2) is 64.9 Å². The fourth-order valence-electron chi connectivity index (χ4n) is 2.96. The van der Waals surface area contributed by atoms with Crippen molar-refractivity contribution in [2.45, 2.75) is 18.7 Å². The van der Waals surface area contributed by atoms with E-state index in [2.05, 4.69) is 5.32 Å². The van der Waals surface area contributed by atoms with Crippen LogP contribution in [-0.4, -0.2) is 33.9 Å². The number of para-hydroxylation sites is 1. The van der Waals surface area contributed by atoms with E-state index in [0.29, 0.717) is 11.4 Å². The van der Waals surface area contributed by atoms with E-state index in [0.717, 1.165) is 26.8 Å². The van der Waals surface area contributed by atoms with Crippen LogP contribution >= 0.6 is 11.3 Å². The number of amides is 1. The van der Waals surface area contributed by atoms with E-state index >= 15 is 0 Å². The van der Waals surface area contributed by atoms with Gasteiger partial charge in [-0.25, -0.2) is 13.2 Å². The van der Waals surface area contributed by atoms with Gasteiger partial charge in [0.05, 0.1) is 12.8 Å². The zero-order valence-electron chi connectivity index (χ0n) is 17.3. The van der Waals surface area contributed by atoms with Crippen molar-refractivity contribution in [2.75, 3.05) is 23.3 Å². The molecule has 0 spiro atoms. The van der Waals surface area contributed by atoms with Crippen molar-refractivity contribution >= 4 is 44.6 Å². The van der Waals surface area contributed by atoms with Gasteiger partial charge in [-0.15, -0.1) is 11.3 Å². The Kier molecular flexibility index (Phi) is 6.77.